The zero-order chi connectivity index (χ0) is 13.1. The minimum Gasteiger partial charge on any atom is -0.311 e. The van der Waals surface area contributed by atoms with E-state index >= 15 is 0 Å². The van der Waals surface area contributed by atoms with E-state index in [-0.39, 0.29) is 5.92 Å². The quantitative estimate of drug-likeness (QED) is 0.796. The molecule has 0 aliphatic heterocycles. The summed E-state index contributed by atoms with van der Waals surface area (Å²) in [7, 11) is 4.07. The van der Waals surface area contributed by atoms with Crippen LogP contribution in [0, 0.1) is 12.8 Å². The second-order valence-electron chi connectivity index (χ2n) is 5.40. The van der Waals surface area contributed by atoms with Crippen LogP contribution in [0.3, 0.4) is 0 Å². The van der Waals surface area contributed by atoms with Crippen LogP contribution in [0.5, 0.6) is 0 Å². The Labute approximate surface area is 109 Å². The third-order valence-corrected chi connectivity index (χ3v) is 3.31. The maximum absolute atomic E-state index is 12.3. The average Bonchev–Trinajstić information content (AvgIpc) is 3.15. The lowest BCUT2D eigenvalue weighted by Crippen LogP contribution is -2.37. The SMILES string of the molecule is Cc1ccc(N(CCN(C)C)C(=O)C2CC2)cc1. The van der Waals surface area contributed by atoms with Crippen LogP contribution in [0.1, 0.15) is 18.4 Å². The fraction of sp³-hybridized carbons (Fsp3) is 0.533. The van der Waals surface area contributed by atoms with Gasteiger partial charge in [0.2, 0.25) is 5.91 Å². The van der Waals surface area contributed by atoms with Gasteiger partial charge in [-0.25, -0.2) is 0 Å². The first-order valence-electron chi connectivity index (χ1n) is 6.60. The fourth-order valence-corrected chi connectivity index (χ4v) is 1.94. The minimum atomic E-state index is 0.272. The fourth-order valence-electron chi connectivity index (χ4n) is 1.94. The van der Waals surface area contributed by atoms with Crippen LogP contribution in [-0.4, -0.2) is 38.0 Å². The van der Waals surface area contributed by atoms with Gasteiger partial charge in [0.05, 0.1) is 0 Å². The molecule has 0 aromatic heterocycles. The Hall–Kier alpha value is -1.35. The molecule has 1 saturated carbocycles. The molecule has 0 N–H and O–H groups in total. The molecule has 1 aliphatic carbocycles. The lowest BCUT2D eigenvalue weighted by Gasteiger charge is -2.24. The topological polar surface area (TPSA) is 23.6 Å². The Kier molecular flexibility index (Phi) is 4.02. The number of carbonyl (C=O) groups excluding carboxylic acids is 1. The van der Waals surface area contributed by atoms with E-state index in [1.165, 1.54) is 5.56 Å². The molecule has 3 heteroatoms. The Balaban J connectivity index is 2.12. The highest BCUT2D eigenvalue weighted by Gasteiger charge is 2.33. The first-order valence-corrected chi connectivity index (χ1v) is 6.60. The molecule has 1 amide bonds. The van der Waals surface area contributed by atoms with E-state index in [1.54, 1.807) is 0 Å². The van der Waals surface area contributed by atoms with Gasteiger partial charge in [0.25, 0.3) is 0 Å². The highest BCUT2D eigenvalue weighted by molar-refractivity contribution is 5.96. The summed E-state index contributed by atoms with van der Waals surface area (Å²) in [6.45, 7) is 3.73. The summed E-state index contributed by atoms with van der Waals surface area (Å²) in [5.41, 5.74) is 2.25. The predicted molar refractivity (Wildman–Crippen MR) is 74.8 cm³/mol. The molecule has 98 valence electrons. The van der Waals surface area contributed by atoms with E-state index in [0.29, 0.717) is 5.91 Å². The van der Waals surface area contributed by atoms with Gasteiger partial charge in [-0.3, -0.25) is 4.79 Å². The molecule has 1 aromatic carbocycles. The van der Waals surface area contributed by atoms with Crippen LogP contribution in [0.2, 0.25) is 0 Å². The molecule has 0 heterocycles. The molecule has 2 rings (SSSR count). The Bertz CT molecular complexity index is 407. The molecule has 0 bridgehead atoms. The maximum atomic E-state index is 12.3. The standard InChI is InChI=1S/C15H22N2O/c1-12-4-8-14(9-5-12)17(11-10-16(2)3)15(18)13-6-7-13/h4-5,8-9,13H,6-7,10-11H2,1-3H3. The number of amides is 1. The van der Waals surface area contributed by atoms with Gasteiger partial charge in [0.15, 0.2) is 0 Å². The van der Waals surface area contributed by atoms with Crippen LogP contribution < -0.4 is 4.90 Å². The lowest BCUT2D eigenvalue weighted by molar-refractivity contribution is -0.119. The van der Waals surface area contributed by atoms with E-state index in [1.807, 2.05) is 31.1 Å². The summed E-state index contributed by atoms with van der Waals surface area (Å²) in [5.74, 6) is 0.564. The summed E-state index contributed by atoms with van der Waals surface area (Å²) >= 11 is 0. The van der Waals surface area contributed by atoms with Crippen molar-refractivity contribution in [3.63, 3.8) is 0 Å². The van der Waals surface area contributed by atoms with Gasteiger partial charge in [-0.15, -0.1) is 0 Å². The monoisotopic (exact) mass is 246 g/mol. The molecule has 0 spiro atoms. The van der Waals surface area contributed by atoms with Crippen LogP contribution in [0.15, 0.2) is 24.3 Å². The van der Waals surface area contributed by atoms with Crippen LogP contribution in [-0.2, 0) is 4.79 Å². The number of benzene rings is 1. The molecular formula is C15H22N2O. The van der Waals surface area contributed by atoms with Gasteiger partial charge in [0.1, 0.15) is 0 Å². The van der Waals surface area contributed by atoms with Gasteiger partial charge in [-0.05, 0) is 46.0 Å². The number of hydrogen-bond donors (Lipinski definition) is 0. The Morgan fingerprint density at radius 1 is 1.17 bits per heavy atom. The number of rotatable bonds is 5. The van der Waals surface area contributed by atoms with E-state index in [2.05, 4.69) is 24.0 Å². The molecule has 0 radical (unpaired) electrons. The molecule has 3 nitrogen and oxygen atoms in total. The smallest absolute Gasteiger partial charge is 0.230 e. The van der Waals surface area contributed by atoms with Crippen LogP contribution >= 0.6 is 0 Å². The maximum Gasteiger partial charge on any atom is 0.230 e. The highest BCUT2D eigenvalue weighted by Crippen LogP contribution is 2.32. The van der Waals surface area contributed by atoms with Crippen molar-refractivity contribution in [1.82, 2.24) is 4.90 Å². The van der Waals surface area contributed by atoms with Crippen LogP contribution in [0.4, 0.5) is 5.69 Å². The Morgan fingerprint density at radius 3 is 2.28 bits per heavy atom. The summed E-state index contributed by atoms with van der Waals surface area (Å²) in [4.78, 5) is 16.4. The minimum absolute atomic E-state index is 0.272. The van der Waals surface area contributed by atoms with E-state index in [4.69, 9.17) is 0 Å². The zero-order valence-electron chi connectivity index (χ0n) is 11.5. The van der Waals surface area contributed by atoms with Gasteiger partial charge in [0, 0.05) is 24.7 Å². The number of hydrogen-bond acceptors (Lipinski definition) is 2. The van der Waals surface area contributed by atoms with Gasteiger partial charge in [-0.1, -0.05) is 17.7 Å². The summed E-state index contributed by atoms with van der Waals surface area (Å²) in [6.07, 6.45) is 2.12. The van der Waals surface area contributed by atoms with Crippen LogP contribution in [0.25, 0.3) is 0 Å². The molecular weight excluding hydrogens is 224 g/mol. The van der Waals surface area contributed by atoms with Gasteiger partial charge in [-0.2, -0.15) is 0 Å². The number of carbonyl (C=O) groups is 1. The number of aryl methyl sites for hydroxylation is 1. The molecule has 1 aromatic rings. The van der Waals surface area contributed by atoms with Crippen molar-refractivity contribution in [1.29, 1.82) is 0 Å². The number of anilines is 1. The van der Waals surface area contributed by atoms with E-state index in [0.717, 1.165) is 31.6 Å². The average molecular weight is 246 g/mol. The number of likely N-dealkylation sites (N-methyl/N-ethyl adjacent to an activating group) is 1. The molecule has 0 atom stereocenters. The zero-order valence-corrected chi connectivity index (χ0v) is 11.5. The second kappa shape index (κ2) is 5.53. The molecule has 1 aliphatic rings. The summed E-state index contributed by atoms with van der Waals surface area (Å²) < 4.78 is 0. The van der Waals surface area contributed by atoms with Crippen molar-refractivity contribution in [2.24, 2.45) is 5.92 Å². The third-order valence-electron chi connectivity index (χ3n) is 3.31. The van der Waals surface area contributed by atoms with Crippen molar-refractivity contribution < 1.29 is 4.79 Å². The van der Waals surface area contributed by atoms with Crippen molar-refractivity contribution in [2.75, 3.05) is 32.1 Å². The molecule has 0 unspecified atom stereocenters. The molecule has 0 saturated heterocycles. The molecule has 1 fully saturated rings. The second-order valence-corrected chi connectivity index (χ2v) is 5.40. The lowest BCUT2D eigenvalue weighted by atomic mass is 10.2. The molecule has 18 heavy (non-hydrogen) atoms. The van der Waals surface area contributed by atoms with Gasteiger partial charge < -0.3 is 9.80 Å². The van der Waals surface area contributed by atoms with Crippen molar-refractivity contribution in [3.05, 3.63) is 29.8 Å². The van der Waals surface area contributed by atoms with Crippen molar-refractivity contribution in [3.8, 4) is 0 Å². The van der Waals surface area contributed by atoms with E-state index in [9.17, 15) is 4.79 Å². The third kappa shape index (κ3) is 3.33. The normalized spacial score (nSPS) is 14.9. The van der Waals surface area contributed by atoms with E-state index < -0.39 is 0 Å². The van der Waals surface area contributed by atoms with Gasteiger partial charge >= 0.3 is 0 Å². The largest absolute Gasteiger partial charge is 0.311 e. The first-order chi connectivity index (χ1) is 8.58. The summed E-state index contributed by atoms with van der Waals surface area (Å²) in [5, 5.41) is 0. The number of nitrogens with zero attached hydrogens (tertiary/aromatic N) is 2. The summed E-state index contributed by atoms with van der Waals surface area (Å²) in [6, 6.07) is 8.23. The predicted octanol–water partition coefficient (Wildman–Crippen LogP) is 2.30. The first kappa shape index (κ1) is 13.1. The highest BCUT2D eigenvalue weighted by atomic mass is 16.2. The Morgan fingerprint density at radius 2 is 1.78 bits per heavy atom. The van der Waals surface area contributed by atoms with Crippen molar-refractivity contribution in [2.45, 2.75) is 19.8 Å². The van der Waals surface area contributed by atoms with Crippen molar-refractivity contribution >= 4 is 11.6 Å².